The first kappa shape index (κ1) is 27.0. The number of hydrogen-bond acceptors (Lipinski definition) is 4. The first-order valence-corrected chi connectivity index (χ1v) is 12.1. The second-order valence-corrected chi connectivity index (χ2v) is 9.52. The Labute approximate surface area is 191 Å². The molecule has 2 amide bonds. The lowest BCUT2D eigenvalue weighted by molar-refractivity contribution is -0.145. The molecule has 0 aromatic carbocycles. The van der Waals surface area contributed by atoms with Gasteiger partial charge in [0.15, 0.2) is 5.78 Å². The first-order chi connectivity index (χ1) is 14.6. The zero-order valence-corrected chi connectivity index (χ0v) is 20.4. The van der Waals surface area contributed by atoms with Crippen molar-refractivity contribution < 1.29 is 19.5 Å². The number of thioether (sulfide) groups is 1. The molecule has 31 heavy (non-hydrogen) atoms. The van der Waals surface area contributed by atoms with E-state index in [0.717, 1.165) is 31.4 Å². The third-order valence-corrected chi connectivity index (χ3v) is 6.28. The number of carboxylic acid groups (broad SMARTS) is 1. The lowest BCUT2D eigenvalue weighted by atomic mass is 10.0. The molecule has 7 heteroatoms. The van der Waals surface area contributed by atoms with Gasteiger partial charge in [0, 0.05) is 18.1 Å². The number of Topliss-reactive ketones (excluding diaryl/α,β-unsaturated/α-hetero) is 1. The van der Waals surface area contributed by atoms with E-state index < -0.39 is 24.1 Å². The van der Waals surface area contributed by atoms with Crippen molar-refractivity contribution in [3.05, 3.63) is 34.9 Å². The van der Waals surface area contributed by atoms with Crippen molar-refractivity contribution >= 4 is 29.5 Å². The third kappa shape index (κ3) is 10.7. The van der Waals surface area contributed by atoms with Crippen molar-refractivity contribution in [2.75, 3.05) is 18.1 Å². The quantitative estimate of drug-likeness (QED) is 0.306. The van der Waals surface area contributed by atoms with Crippen molar-refractivity contribution in [3.63, 3.8) is 0 Å². The SMILES string of the molecule is CC(=O)[C@H](CSC/C=C(\C)CC/C=C(\C)CCC=C(C)C)NC(=O)N1CCC1C(=O)O. The molecule has 0 radical (unpaired) electrons. The molecule has 1 aliphatic rings. The average Bonchev–Trinajstić information content (AvgIpc) is 2.62. The number of aliphatic carboxylic acids is 1. The predicted molar refractivity (Wildman–Crippen MR) is 128 cm³/mol. The minimum absolute atomic E-state index is 0.123. The summed E-state index contributed by atoms with van der Waals surface area (Å²) in [6.45, 7) is 10.4. The van der Waals surface area contributed by atoms with E-state index in [2.05, 4.69) is 51.2 Å². The second-order valence-electron chi connectivity index (χ2n) is 8.45. The van der Waals surface area contributed by atoms with Gasteiger partial charge in [0.1, 0.15) is 6.04 Å². The number of rotatable bonds is 13. The van der Waals surface area contributed by atoms with Crippen LogP contribution in [-0.4, -0.2) is 57.9 Å². The number of likely N-dealkylation sites (tertiary alicyclic amines) is 1. The Balaban J connectivity index is 2.34. The molecular weight excluding hydrogens is 412 g/mol. The lowest BCUT2D eigenvalue weighted by Crippen LogP contribution is -2.60. The molecule has 174 valence electrons. The molecule has 2 N–H and O–H groups in total. The summed E-state index contributed by atoms with van der Waals surface area (Å²) in [7, 11) is 0. The highest BCUT2D eigenvalue weighted by Crippen LogP contribution is 2.18. The van der Waals surface area contributed by atoms with E-state index in [9.17, 15) is 14.4 Å². The largest absolute Gasteiger partial charge is 0.480 e. The fourth-order valence-electron chi connectivity index (χ4n) is 3.11. The number of carbonyl (C=O) groups excluding carboxylic acids is 2. The van der Waals surface area contributed by atoms with E-state index in [1.54, 1.807) is 11.8 Å². The number of hydrogen-bond donors (Lipinski definition) is 2. The molecule has 2 atom stereocenters. The molecule has 1 aliphatic heterocycles. The van der Waals surface area contributed by atoms with Gasteiger partial charge in [-0.05, 0) is 66.7 Å². The number of urea groups is 1. The Bertz CT molecular complexity index is 723. The molecule has 0 spiro atoms. The molecule has 1 unspecified atom stereocenters. The van der Waals surface area contributed by atoms with Gasteiger partial charge in [0.25, 0.3) is 0 Å². The van der Waals surface area contributed by atoms with Crippen LogP contribution in [0.3, 0.4) is 0 Å². The van der Waals surface area contributed by atoms with Crippen molar-refractivity contribution in [1.29, 1.82) is 0 Å². The van der Waals surface area contributed by atoms with Gasteiger partial charge in [-0.3, -0.25) is 4.79 Å². The van der Waals surface area contributed by atoms with Crippen LogP contribution in [0.2, 0.25) is 0 Å². The summed E-state index contributed by atoms with van der Waals surface area (Å²) in [6, 6.07) is -1.86. The van der Waals surface area contributed by atoms with E-state index in [1.807, 2.05) is 0 Å². The zero-order chi connectivity index (χ0) is 23.4. The van der Waals surface area contributed by atoms with Crippen LogP contribution in [0.5, 0.6) is 0 Å². The number of carboxylic acids is 1. The summed E-state index contributed by atoms with van der Waals surface area (Å²) in [5.41, 5.74) is 4.10. The molecule has 0 aromatic heterocycles. The van der Waals surface area contributed by atoms with Gasteiger partial charge in [-0.1, -0.05) is 34.9 Å². The summed E-state index contributed by atoms with van der Waals surface area (Å²) >= 11 is 1.59. The van der Waals surface area contributed by atoms with Gasteiger partial charge in [-0.2, -0.15) is 11.8 Å². The molecular formula is C24H38N2O4S. The van der Waals surface area contributed by atoms with E-state index in [1.165, 1.54) is 28.5 Å². The Morgan fingerprint density at radius 1 is 1.03 bits per heavy atom. The van der Waals surface area contributed by atoms with Crippen LogP contribution in [0.25, 0.3) is 0 Å². The standard InChI is InChI=1S/C24H38N2O4S/c1-17(2)8-6-9-18(3)10-7-11-19(4)13-15-31-16-21(20(5)27)25-24(30)26-14-12-22(26)23(28)29/h8,10,13,21-22H,6-7,9,11-12,14-16H2,1-5H3,(H,25,30)(H,28,29)/b18-10+,19-13+/t21-,22?/m0/s1. The zero-order valence-electron chi connectivity index (χ0n) is 19.6. The van der Waals surface area contributed by atoms with Gasteiger partial charge in [-0.15, -0.1) is 0 Å². The monoisotopic (exact) mass is 450 g/mol. The average molecular weight is 451 g/mol. The van der Waals surface area contributed by atoms with E-state index in [-0.39, 0.29) is 5.78 Å². The molecule has 0 aromatic rings. The van der Waals surface area contributed by atoms with Crippen molar-refractivity contribution in [3.8, 4) is 0 Å². The minimum Gasteiger partial charge on any atom is -0.480 e. The number of ketones is 1. The topological polar surface area (TPSA) is 86.7 Å². The van der Waals surface area contributed by atoms with Crippen LogP contribution in [0.15, 0.2) is 34.9 Å². The summed E-state index contributed by atoms with van der Waals surface area (Å²) in [5, 5.41) is 11.7. The van der Waals surface area contributed by atoms with Gasteiger partial charge in [0.05, 0.1) is 6.04 Å². The molecule has 0 bridgehead atoms. The summed E-state index contributed by atoms with van der Waals surface area (Å²) in [6.07, 6.45) is 11.4. The third-order valence-electron chi connectivity index (χ3n) is 5.31. The van der Waals surface area contributed by atoms with Crippen LogP contribution in [-0.2, 0) is 9.59 Å². The Hall–Kier alpha value is -2.02. The van der Waals surface area contributed by atoms with E-state index in [4.69, 9.17) is 5.11 Å². The van der Waals surface area contributed by atoms with Gasteiger partial charge in [0.2, 0.25) is 0 Å². The van der Waals surface area contributed by atoms with Gasteiger partial charge in [-0.25, -0.2) is 9.59 Å². The Morgan fingerprint density at radius 2 is 1.65 bits per heavy atom. The van der Waals surface area contributed by atoms with Crippen LogP contribution >= 0.6 is 11.8 Å². The van der Waals surface area contributed by atoms with Crippen LogP contribution in [0.4, 0.5) is 4.79 Å². The number of nitrogens with one attached hydrogen (secondary N) is 1. The predicted octanol–water partition coefficient (Wildman–Crippen LogP) is 4.96. The normalized spacial score (nSPS) is 17.6. The van der Waals surface area contributed by atoms with Crippen LogP contribution < -0.4 is 5.32 Å². The summed E-state index contributed by atoms with van der Waals surface area (Å²) in [5.74, 6) is 0.118. The molecule has 0 aliphatic carbocycles. The van der Waals surface area contributed by atoms with Crippen molar-refractivity contribution in [2.45, 2.75) is 78.8 Å². The number of carbonyl (C=O) groups is 3. The Morgan fingerprint density at radius 3 is 2.16 bits per heavy atom. The fourth-order valence-corrected chi connectivity index (χ4v) is 4.20. The molecule has 1 heterocycles. The van der Waals surface area contributed by atoms with Crippen molar-refractivity contribution in [2.24, 2.45) is 0 Å². The number of nitrogens with zero attached hydrogens (tertiary/aromatic N) is 1. The molecule has 1 saturated heterocycles. The minimum atomic E-state index is -1.01. The highest BCUT2D eigenvalue weighted by molar-refractivity contribution is 7.99. The smallest absolute Gasteiger partial charge is 0.326 e. The molecule has 6 nitrogen and oxygen atoms in total. The second kappa shape index (κ2) is 14.1. The number of allylic oxidation sites excluding steroid dienone is 5. The Kier molecular flexibility index (Phi) is 12.3. The number of amides is 2. The fraction of sp³-hybridized carbons (Fsp3) is 0.625. The maximum absolute atomic E-state index is 12.2. The molecule has 1 fully saturated rings. The van der Waals surface area contributed by atoms with Gasteiger partial charge >= 0.3 is 12.0 Å². The molecule has 0 saturated carbocycles. The maximum Gasteiger partial charge on any atom is 0.326 e. The highest BCUT2D eigenvalue weighted by Gasteiger charge is 2.38. The van der Waals surface area contributed by atoms with Crippen molar-refractivity contribution in [1.82, 2.24) is 10.2 Å². The van der Waals surface area contributed by atoms with Gasteiger partial charge < -0.3 is 15.3 Å². The lowest BCUT2D eigenvalue weighted by Gasteiger charge is -2.38. The van der Waals surface area contributed by atoms with E-state index >= 15 is 0 Å². The van der Waals surface area contributed by atoms with Crippen LogP contribution in [0, 0.1) is 0 Å². The molecule has 1 rings (SSSR count). The summed E-state index contributed by atoms with van der Waals surface area (Å²) in [4.78, 5) is 36.5. The van der Waals surface area contributed by atoms with E-state index in [0.29, 0.717) is 18.7 Å². The summed E-state index contributed by atoms with van der Waals surface area (Å²) < 4.78 is 0. The highest BCUT2D eigenvalue weighted by atomic mass is 32.2. The first-order valence-electron chi connectivity index (χ1n) is 10.9. The van der Waals surface area contributed by atoms with Crippen LogP contribution in [0.1, 0.15) is 66.7 Å². The maximum atomic E-state index is 12.2.